The second-order valence-corrected chi connectivity index (χ2v) is 10.7. The average Bonchev–Trinajstić information content (AvgIpc) is 2.88. The number of likely N-dealkylation sites (tertiary alicyclic amines) is 1. The molecule has 1 atom stereocenters. The number of pyridine rings is 1. The number of alkyl halides is 3. The Hall–Kier alpha value is -3.34. The van der Waals surface area contributed by atoms with Crippen molar-refractivity contribution in [3.05, 3.63) is 53.2 Å². The van der Waals surface area contributed by atoms with E-state index in [9.17, 15) is 27.9 Å². The maximum Gasteiger partial charge on any atom is 0.430 e. The maximum atomic E-state index is 14.1. The third-order valence-corrected chi connectivity index (χ3v) is 7.76. The lowest BCUT2D eigenvalue weighted by molar-refractivity contribution is -0.262. The molecule has 0 saturated carbocycles. The second-order valence-electron chi connectivity index (χ2n) is 10.7. The molecule has 11 heteroatoms. The number of aromatic nitrogens is 1. The number of benzene rings is 1. The number of rotatable bonds is 7. The minimum atomic E-state index is -5.19. The van der Waals surface area contributed by atoms with Gasteiger partial charge >= 0.3 is 6.18 Å². The molecule has 39 heavy (non-hydrogen) atoms. The van der Waals surface area contributed by atoms with Crippen molar-refractivity contribution in [2.24, 2.45) is 11.8 Å². The van der Waals surface area contributed by atoms with Crippen LogP contribution in [0.25, 0.3) is 0 Å². The number of methoxy groups -OCH3 is 1. The smallest absolute Gasteiger partial charge is 0.430 e. The molecule has 212 valence electrons. The molecule has 3 heterocycles. The Labute approximate surface area is 226 Å². The van der Waals surface area contributed by atoms with E-state index in [-0.39, 0.29) is 30.7 Å². The molecule has 0 unspecified atom stereocenters. The van der Waals surface area contributed by atoms with Gasteiger partial charge in [0, 0.05) is 45.8 Å². The zero-order chi connectivity index (χ0) is 28.5. The molecule has 2 saturated heterocycles. The van der Waals surface area contributed by atoms with E-state index < -0.39 is 23.2 Å². The van der Waals surface area contributed by atoms with E-state index in [1.165, 1.54) is 24.1 Å². The van der Waals surface area contributed by atoms with Crippen LogP contribution in [-0.2, 0) is 10.4 Å². The Morgan fingerprint density at radius 3 is 2.33 bits per heavy atom. The van der Waals surface area contributed by atoms with Crippen LogP contribution in [0, 0.1) is 18.8 Å². The topological polar surface area (TPSA) is 86.2 Å². The van der Waals surface area contributed by atoms with E-state index in [1.54, 1.807) is 20.2 Å². The highest BCUT2D eigenvalue weighted by Gasteiger charge is 2.62. The molecule has 1 N–H and O–H groups in total. The van der Waals surface area contributed by atoms with Gasteiger partial charge in [-0.2, -0.15) is 13.2 Å². The number of ether oxygens (including phenoxy) is 1. The van der Waals surface area contributed by atoms with Gasteiger partial charge in [0.1, 0.15) is 11.6 Å². The molecule has 8 nitrogen and oxygen atoms in total. The monoisotopic (exact) mass is 548 g/mol. The molecule has 2 fully saturated rings. The van der Waals surface area contributed by atoms with Gasteiger partial charge in [0.25, 0.3) is 17.4 Å². The zero-order valence-electron chi connectivity index (χ0n) is 22.7. The first-order chi connectivity index (χ1) is 18.3. The van der Waals surface area contributed by atoms with Crippen molar-refractivity contribution in [3.63, 3.8) is 0 Å². The summed E-state index contributed by atoms with van der Waals surface area (Å²) in [5.74, 6) is 0.213. The number of hydrogen-bond donors (Lipinski definition) is 1. The fraction of sp³-hybridized carbons (Fsp3) is 0.536. The third kappa shape index (κ3) is 5.68. The SMILES string of the molecule is COc1cccc([C@@](O)(C(=O)N2CCC(CC3CN(c4ccc(C(=O)N(C)C)c(C)n4)C3)CC2)C(F)(F)F)c1. The Morgan fingerprint density at radius 1 is 1.10 bits per heavy atom. The van der Waals surface area contributed by atoms with Gasteiger partial charge in [-0.05, 0) is 62.3 Å². The normalized spacial score (nSPS) is 18.4. The Balaban J connectivity index is 1.32. The Bertz CT molecular complexity index is 1210. The van der Waals surface area contributed by atoms with E-state index in [2.05, 4.69) is 9.88 Å². The molecule has 0 bridgehead atoms. The zero-order valence-corrected chi connectivity index (χ0v) is 22.7. The number of carbonyl (C=O) groups excluding carboxylic acids is 2. The molecule has 2 aliphatic rings. The van der Waals surface area contributed by atoms with Crippen LogP contribution in [0.3, 0.4) is 0 Å². The molecule has 0 spiro atoms. The molecular weight excluding hydrogens is 513 g/mol. The summed E-state index contributed by atoms with van der Waals surface area (Å²) >= 11 is 0. The highest BCUT2D eigenvalue weighted by molar-refractivity contribution is 5.95. The van der Waals surface area contributed by atoms with Crippen molar-refractivity contribution in [2.45, 2.75) is 38.0 Å². The van der Waals surface area contributed by atoms with E-state index in [0.29, 0.717) is 30.0 Å². The number of halogens is 3. The van der Waals surface area contributed by atoms with Gasteiger partial charge in [-0.15, -0.1) is 0 Å². The van der Waals surface area contributed by atoms with Crippen LogP contribution in [0.2, 0.25) is 0 Å². The van der Waals surface area contributed by atoms with Crippen LogP contribution < -0.4 is 9.64 Å². The number of piperidine rings is 1. The molecule has 0 radical (unpaired) electrons. The quantitative estimate of drug-likeness (QED) is 0.569. The first kappa shape index (κ1) is 28.7. The summed E-state index contributed by atoms with van der Waals surface area (Å²) in [4.78, 5) is 34.7. The molecule has 1 aromatic heterocycles. The lowest BCUT2D eigenvalue weighted by Gasteiger charge is -2.43. The standard InChI is InChI=1S/C28H35F3N4O4/c1-18-23(25(36)33(2)3)8-9-24(32-18)35-16-20(17-35)14-19-10-12-34(13-11-19)26(37)27(38,28(29,30)31)21-6-5-7-22(15-21)39-4/h5-9,15,19-20,38H,10-14,16-17H2,1-4H3/t27-/m1/s1. The van der Waals surface area contributed by atoms with Crippen molar-refractivity contribution in [1.29, 1.82) is 0 Å². The number of hydrogen-bond acceptors (Lipinski definition) is 6. The van der Waals surface area contributed by atoms with Gasteiger partial charge in [-0.3, -0.25) is 9.59 Å². The lowest BCUT2D eigenvalue weighted by Crippen LogP contribution is -2.57. The van der Waals surface area contributed by atoms with Crippen molar-refractivity contribution < 1.29 is 32.6 Å². The first-order valence-electron chi connectivity index (χ1n) is 13.0. The minimum absolute atomic E-state index is 0.0879. The summed E-state index contributed by atoms with van der Waals surface area (Å²) < 4.78 is 47.2. The van der Waals surface area contributed by atoms with E-state index >= 15 is 0 Å². The molecule has 2 aliphatic heterocycles. The highest BCUT2D eigenvalue weighted by atomic mass is 19.4. The fourth-order valence-electron chi connectivity index (χ4n) is 5.43. The Morgan fingerprint density at radius 2 is 1.77 bits per heavy atom. The first-order valence-corrected chi connectivity index (χ1v) is 13.0. The predicted octanol–water partition coefficient (Wildman–Crippen LogP) is 3.62. The van der Waals surface area contributed by atoms with Gasteiger partial charge in [0.2, 0.25) is 0 Å². The molecule has 0 aliphatic carbocycles. The third-order valence-electron chi connectivity index (χ3n) is 7.76. The number of aryl methyl sites for hydroxylation is 1. The Kier molecular flexibility index (Phi) is 8.11. The largest absolute Gasteiger partial charge is 0.497 e. The molecule has 1 aromatic carbocycles. The van der Waals surface area contributed by atoms with E-state index in [0.717, 1.165) is 42.4 Å². The second kappa shape index (κ2) is 11.0. The van der Waals surface area contributed by atoms with Crippen molar-refractivity contribution in [3.8, 4) is 5.75 Å². The molecule has 2 amide bonds. The van der Waals surface area contributed by atoms with Crippen LogP contribution in [0.5, 0.6) is 5.75 Å². The van der Waals surface area contributed by atoms with Crippen LogP contribution in [0.1, 0.15) is 40.9 Å². The highest BCUT2D eigenvalue weighted by Crippen LogP contribution is 2.42. The van der Waals surface area contributed by atoms with Crippen molar-refractivity contribution in [2.75, 3.05) is 52.3 Å². The fourth-order valence-corrected chi connectivity index (χ4v) is 5.43. The van der Waals surface area contributed by atoms with Crippen LogP contribution in [-0.4, -0.2) is 85.3 Å². The van der Waals surface area contributed by atoms with Gasteiger partial charge in [-0.1, -0.05) is 12.1 Å². The van der Waals surface area contributed by atoms with Crippen molar-refractivity contribution in [1.82, 2.24) is 14.8 Å². The summed E-state index contributed by atoms with van der Waals surface area (Å²) in [6.07, 6.45) is -3.12. The summed E-state index contributed by atoms with van der Waals surface area (Å²) in [7, 11) is 4.71. The van der Waals surface area contributed by atoms with Crippen LogP contribution in [0.4, 0.5) is 19.0 Å². The van der Waals surface area contributed by atoms with E-state index in [4.69, 9.17) is 4.74 Å². The van der Waals surface area contributed by atoms with Crippen LogP contribution in [0.15, 0.2) is 36.4 Å². The summed E-state index contributed by atoms with van der Waals surface area (Å²) in [6, 6.07) is 8.57. The van der Waals surface area contributed by atoms with E-state index in [1.807, 2.05) is 13.0 Å². The van der Waals surface area contributed by atoms with Crippen LogP contribution >= 0.6 is 0 Å². The molecular formula is C28H35F3N4O4. The summed E-state index contributed by atoms with van der Waals surface area (Å²) in [5, 5.41) is 10.7. The minimum Gasteiger partial charge on any atom is -0.497 e. The average molecular weight is 549 g/mol. The maximum absolute atomic E-state index is 14.1. The summed E-state index contributed by atoms with van der Waals surface area (Å²) in [5.41, 5.74) is -2.94. The van der Waals surface area contributed by atoms with Gasteiger partial charge < -0.3 is 24.5 Å². The van der Waals surface area contributed by atoms with Gasteiger partial charge in [0.15, 0.2) is 0 Å². The van der Waals surface area contributed by atoms with Crippen molar-refractivity contribution >= 4 is 17.6 Å². The number of amides is 2. The molecule has 2 aromatic rings. The van der Waals surface area contributed by atoms with Gasteiger partial charge in [0.05, 0.1) is 18.4 Å². The number of aliphatic hydroxyl groups is 1. The number of nitrogens with zero attached hydrogens (tertiary/aromatic N) is 4. The molecule has 4 rings (SSSR count). The number of anilines is 1. The summed E-state index contributed by atoms with van der Waals surface area (Å²) in [6.45, 7) is 3.77. The lowest BCUT2D eigenvalue weighted by atomic mass is 9.83. The van der Waals surface area contributed by atoms with Gasteiger partial charge in [-0.25, -0.2) is 4.98 Å². The number of carbonyl (C=O) groups is 2. The predicted molar refractivity (Wildman–Crippen MR) is 140 cm³/mol.